The van der Waals surface area contributed by atoms with Gasteiger partial charge in [-0.25, -0.2) is 0 Å². The van der Waals surface area contributed by atoms with E-state index in [1.165, 1.54) is 25.2 Å². The minimum Gasteiger partial charge on any atom is -0.493 e. The van der Waals surface area contributed by atoms with Crippen LogP contribution in [0, 0.1) is 6.92 Å². The standard InChI is InChI=1S/C20H24N2O5/c1-13-7-6-8-14(9-13)27-12-19(23)21-16-11-18(26-5)17(25-4)10-15(16)20(24)22(2)3/h6-11H,12H2,1-5H3,(H,21,23). The highest BCUT2D eigenvalue weighted by molar-refractivity contribution is 6.04. The summed E-state index contributed by atoms with van der Waals surface area (Å²) in [4.78, 5) is 26.2. The number of ether oxygens (including phenoxy) is 3. The van der Waals surface area contributed by atoms with Crippen molar-refractivity contribution >= 4 is 17.5 Å². The van der Waals surface area contributed by atoms with Crippen LogP contribution in [0.4, 0.5) is 5.69 Å². The summed E-state index contributed by atoms with van der Waals surface area (Å²) in [5.74, 6) is 0.740. The van der Waals surface area contributed by atoms with Gasteiger partial charge in [0.15, 0.2) is 18.1 Å². The molecule has 0 fully saturated rings. The first-order chi connectivity index (χ1) is 12.8. The third kappa shape index (κ3) is 5.13. The van der Waals surface area contributed by atoms with Crippen molar-refractivity contribution in [3.63, 3.8) is 0 Å². The average molecular weight is 372 g/mol. The van der Waals surface area contributed by atoms with Crippen LogP contribution in [-0.2, 0) is 4.79 Å². The minimum atomic E-state index is -0.392. The number of hydrogen-bond acceptors (Lipinski definition) is 5. The van der Waals surface area contributed by atoms with Crippen LogP contribution in [0.25, 0.3) is 0 Å². The van der Waals surface area contributed by atoms with Crippen LogP contribution in [0.5, 0.6) is 17.2 Å². The molecule has 27 heavy (non-hydrogen) atoms. The van der Waals surface area contributed by atoms with Gasteiger partial charge in [-0.15, -0.1) is 0 Å². The lowest BCUT2D eigenvalue weighted by Gasteiger charge is -2.18. The van der Waals surface area contributed by atoms with Gasteiger partial charge in [0, 0.05) is 20.2 Å². The molecule has 144 valence electrons. The molecule has 2 aromatic carbocycles. The van der Waals surface area contributed by atoms with Gasteiger partial charge in [-0.1, -0.05) is 12.1 Å². The zero-order valence-corrected chi connectivity index (χ0v) is 16.2. The summed E-state index contributed by atoms with van der Waals surface area (Å²) in [6.45, 7) is 1.75. The predicted octanol–water partition coefficient (Wildman–Crippen LogP) is 2.73. The first-order valence-electron chi connectivity index (χ1n) is 8.32. The quantitative estimate of drug-likeness (QED) is 0.809. The predicted molar refractivity (Wildman–Crippen MR) is 103 cm³/mol. The lowest BCUT2D eigenvalue weighted by Crippen LogP contribution is -2.26. The van der Waals surface area contributed by atoms with Crippen LogP contribution < -0.4 is 19.5 Å². The molecule has 0 saturated heterocycles. The highest BCUT2D eigenvalue weighted by Gasteiger charge is 2.20. The third-order valence-electron chi connectivity index (χ3n) is 3.79. The van der Waals surface area contributed by atoms with Crippen molar-refractivity contribution in [3.8, 4) is 17.2 Å². The molecule has 0 aromatic heterocycles. The molecule has 0 unspecified atom stereocenters. The van der Waals surface area contributed by atoms with Gasteiger partial charge in [0.05, 0.1) is 25.5 Å². The molecular weight excluding hydrogens is 348 g/mol. The summed E-state index contributed by atoms with van der Waals surface area (Å²) >= 11 is 0. The molecule has 7 nitrogen and oxygen atoms in total. The van der Waals surface area contributed by atoms with E-state index >= 15 is 0 Å². The van der Waals surface area contributed by atoms with E-state index in [9.17, 15) is 9.59 Å². The minimum absolute atomic E-state index is 0.187. The van der Waals surface area contributed by atoms with Crippen LogP contribution in [0.15, 0.2) is 36.4 Å². The van der Waals surface area contributed by atoms with Gasteiger partial charge in [-0.2, -0.15) is 0 Å². The fraction of sp³-hybridized carbons (Fsp3) is 0.300. The van der Waals surface area contributed by atoms with E-state index in [0.717, 1.165) is 5.56 Å². The van der Waals surface area contributed by atoms with Crippen molar-refractivity contribution in [2.24, 2.45) is 0 Å². The molecule has 0 saturated carbocycles. The largest absolute Gasteiger partial charge is 0.493 e. The number of nitrogens with zero attached hydrogens (tertiary/aromatic N) is 1. The lowest BCUT2D eigenvalue weighted by atomic mass is 10.1. The van der Waals surface area contributed by atoms with Crippen LogP contribution in [0.1, 0.15) is 15.9 Å². The Morgan fingerprint density at radius 3 is 2.30 bits per heavy atom. The van der Waals surface area contributed by atoms with E-state index in [4.69, 9.17) is 14.2 Å². The van der Waals surface area contributed by atoms with Crippen molar-refractivity contribution in [1.29, 1.82) is 0 Å². The van der Waals surface area contributed by atoms with E-state index in [-0.39, 0.29) is 12.5 Å². The number of carbonyl (C=O) groups is 2. The molecule has 0 aliphatic carbocycles. The van der Waals surface area contributed by atoms with Crippen molar-refractivity contribution < 1.29 is 23.8 Å². The second-order valence-corrected chi connectivity index (χ2v) is 6.11. The van der Waals surface area contributed by atoms with Crippen molar-refractivity contribution in [2.45, 2.75) is 6.92 Å². The summed E-state index contributed by atoms with van der Waals surface area (Å²) in [6.07, 6.45) is 0. The maximum atomic E-state index is 12.5. The number of rotatable bonds is 7. The zero-order chi connectivity index (χ0) is 20.0. The normalized spacial score (nSPS) is 10.1. The van der Waals surface area contributed by atoms with Crippen LogP contribution >= 0.6 is 0 Å². The van der Waals surface area contributed by atoms with E-state index in [2.05, 4.69) is 5.32 Å². The molecule has 0 radical (unpaired) electrons. The van der Waals surface area contributed by atoms with E-state index in [1.54, 1.807) is 26.2 Å². The van der Waals surface area contributed by atoms with Gasteiger partial charge in [-0.05, 0) is 30.7 Å². The molecule has 0 heterocycles. The number of nitrogens with one attached hydrogen (secondary N) is 1. The number of hydrogen-bond donors (Lipinski definition) is 1. The number of methoxy groups -OCH3 is 2. The molecule has 0 spiro atoms. The van der Waals surface area contributed by atoms with E-state index < -0.39 is 5.91 Å². The Morgan fingerprint density at radius 1 is 1.04 bits per heavy atom. The first-order valence-corrected chi connectivity index (χ1v) is 8.32. The van der Waals surface area contributed by atoms with Gasteiger partial charge in [0.25, 0.3) is 11.8 Å². The molecule has 7 heteroatoms. The Morgan fingerprint density at radius 2 is 1.70 bits per heavy atom. The van der Waals surface area contributed by atoms with Gasteiger partial charge in [0.2, 0.25) is 0 Å². The maximum absolute atomic E-state index is 12.5. The van der Waals surface area contributed by atoms with Crippen LogP contribution in [0.3, 0.4) is 0 Å². The molecule has 0 aliphatic heterocycles. The topological polar surface area (TPSA) is 77.1 Å². The molecule has 1 N–H and O–H groups in total. The molecule has 0 aliphatic rings. The average Bonchev–Trinajstić information content (AvgIpc) is 2.65. The van der Waals surface area contributed by atoms with Crippen LogP contribution in [-0.4, -0.2) is 51.6 Å². The van der Waals surface area contributed by atoms with E-state index in [1.807, 2.05) is 25.1 Å². The van der Waals surface area contributed by atoms with Gasteiger partial charge in [-0.3, -0.25) is 9.59 Å². The molecule has 2 aromatic rings. The lowest BCUT2D eigenvalue weighted by molar-refractivity contribution is -0.118. The van der Waals surface area contributed by atoms with Gasteiger partial charge in [0.1, 0.15) is 5.75 Å². The maximum Gasteiger partial charge on any atom is 0.262 e. The fourth-order valence-electron chi connectivity index (χ4n) is 2.44. The van der Waals surface area contributed by atoms with Crippen molar-refractivity contribution in [3.05, 3.63) is 47.5 Å². The van der Waals surface area contributed by atoms with E-state index in [0.29, 0.717) is 28.5 Å². The summed E-state index contributed by atoms with van der Waals surface area (Å²) < 4.78 is 16.0. The number of anilines is 1. The Kier molecular flexibility index (Phi) is 6.65. The van der Waals surface area contributed by atoms with Crippen LogP contribution in [0.2, 0.25) is 0 Å². The molecule has 2 rings (SSSR count). The Bertz CT molecular complexity index is 833. The molecular formula is C20H24N2O5. The number of aryl methyl sites for hydroxylation is 1. The number of benzene rings is 2. The summed E-state index contributed by atoms with van der Waals surface area (Å²) in [5.41, 5.74) is 1.65. The Balaban J connectivity index is 2.22. The molecule has 0 bridgehead atoms. The van der Waals surface area contributed by atoms with Gasteiger partial charge >= 0.3 is 0 Å². The monoisotopic (exact) mass is 372 g/mol. The fourth-order valence-corrected chi connectivity index (χ4v) is 2.44. The highest BCUT2D eigenvalue weighted by Crippen LogP contribution is 2.33. The second kappa shape index (κ2) is 8.93. The second-order valence-electron chi connectivity index (χ2n) is 6.11. The van der Waals surface area contributed by atoms with Crippen molar-refractivity contribution in [1.82, 2.24) is 4.90 Å². The van der Waals surface area contributed by atoms with Gasteiger partial charge < -0.3 is 24.4 Å². The molecule has 2 amide bonds. The molecule has 0 atom stereocenters. The Hall–Kier alpha value is -3.22. The summed E-state index contributed by atoms with van der Waals surface area (Å²) in [7, 11) is 6.23. The highest BCUT2D eigenvalue weighted by atomic mass is 16.5. The first kappa shape index (κ1) is 20.1. The Labute approximate surface area is 158 Å². The summed E-state index contributed by atoms with van der Waals surface area (Å²) in [5, 5.41) is 2.71. The third-order valence-corrected chi connectivity index (χ3v) is 3.79. The number of carbonyl (C=O) groups excluding carboxylic acids is 2. The zero-order valence-electron chi connectivity index (χ0n) is 16.2. The smallest absolute Gasteiger partial charge is 0.262 e. The van der Waals surface area contributed by atoms with Crippen molar-refractivity contribution in [2.75, 3.05) is 40.2 Å². The number of amides is 2. The summed E-state index contributed by atoms with van der Waals surface area (Å²) in [6, 6.07) is 10.5. The SMILES string of the molecule is COc1cc(NC(=O)COc2cccc(C)c2)c(C(=O)N(C)C)cc1OC.